The lowest BCUT2D eigenvalue weighted by Gasteiger charge is -2.12. The molecular formula is C25H25NO7S. The summed E-state index contributed by atoms with van der Waals surface area (Å²) in [5.74, 6) is 0.896. The summed E-state index contributed by atoms with van der Waals surface area (Å²) >= 11 is 0. The van der Waals surface area contributed by atoms with Crippen molar-refractivity contribution in [3.05, 3.63) is 77.9 Å². The van der Waals surface area contributed by atoms with Crippen molar-refractivity contribution in [3.63, 3.8) is 0 Å². The number of aryl methyl sites for hydroxylation is 1. The third-order valence-corrected chi connectivity index (χ3v) is 6.04. The van der Waals surface area contributed by atoms with E-state index in [0.29, 0.717) is 22.7 Å². The van der Waals surface area contributed by atoms with Crippen LogP contribution >= 0.6 is 0 Å². The molecule has 0 radical (unpaired) electrons. The monoisotopic (exact) mass is 483 g/mol. The Morgan fingerprint density at radius 2 is 1.50 bits per heavy atom. The Labute approximate surface area is 198 Å². The van der Waals surface area contributed by atoms with Crippen LogP contribution in [0.5, 0.6) is 23.0 Å². The summed E-state index contributed by atoms with van der Waals surface area (Å²) in [6.45, 7) is 1.86. The first-order valence-corrected chi connectivity index (χ1v) is 11.6. The Bertz CT molecular complexity index is 1300. The molecule has 1 N–H and O–H groups in total. The number of ether oxygens (including phenoxy) is 3. The van der Waals surface area contributed by atoms with Crippen molar-refractivity contribution in [2.75, 3.05) is 26.6 Å². The summed E-state index contributed by atoms with van der Waals surface area (Å²) in [6.07, 6.45) is 2.89. The number of hydrogen-bond donors (Lipinski definition) is 1. The van der Waals surface area contributed by atoms with Crippen LogP contribution in [0, 0.1) is 6.92 Å². The Balaban J connectivity index is 1.75. The molecule has 3 rings (SSSR count). The first-order chi connectivity index (χ1) is 16.2. The summed E-state index contributed by atoms with van der Waals surface area (Å²) in [7, 11) is 0.396. The Hall–Kier alpha value is -3.98. The zero-order chi connectivity index (χ0) is 24.7. The molecular weight excluding hydrogens is 458 g/mol. The third kappa shape index (κ3) is 6.08. The largest absolute Gasteiger partial charge is 0.497 e. The highest BCUT2D eigenvalue weighted by Gasteiger charge is 2.19. The van der Waals surface area contributed by atoms with Gasteiger partial charge in [-0.2, -0.15) is 8.42 Å². The van der Waals surface area contributed by atoms with Crippen LogP contribution in [0.2, 0.25) is 0 Å². The smallest absolute Gasteiger partial charge is 0.339 e. The van der Waals surface area contributed by atoms with Gasteiger partial charge < -0.3 is 23.7 Å². The van der Waals surface area contributed by atoms with Gasteiger partial charge in [0.1, 0.15) is 16.4 Å². The van der Waals surface area contributed by atoms with E-state index in [1.54, 1.807) is 48.5 Å². The average Bonchev–Trinajstić information content (AvgIpc) is 2.83. The quantitative estimate of drug-likeness (QED) is 0.355. The van der Waals surface area contributed by atoms with Crippen molar-refractivity contribution in [1.29, 1.82) is 0 Å². The number of amides is 1. The first kappa shape index (κ1) is 24.7. The van der Waals surface area contributed by atoms with E-state index in [-0.39, 0.29) is 16.4 Å². The molecule has 0 atom stereocenters. The predicted molar refractivity (Wildman–Crippen MR) is 129 cm³/mol. The van der Waals surface area contributed by atoms with Crippen molar-refractivity contribution in [2.24, 2.45) is 0 Å². The summed E-state index contributed by atoms with van der Waals surface area (Å²) in [6, 6.07) is 16.0. The van der Waals surface area contributed by atoms with Gasteiger partial charge in [0, 0.05) is 12.1 Å². The molecule has 9 heteroatoms. The molecule has 0 saturated carbocycles. The van der Waals surface area contributed by atoms with Crippen molar-refractivity contribution in [2.45, 2.75) is 11.8 Å². The molecule has 0 aliphatic carbocycles. The number of benzene rings is 3. The lowest BCUT2D eigenvalue weighted by Crippen LogP contribution is -2.10. The van der Waals surface area contributed by atoms with E-state index in [4.69, 9.17) is 18.4 Å². The molecule has 3 aromatic carbocycles. The van der Waals surface area contributed by atoms with Crippen LogP contribution < -0.4 is 23.7 Å². The molecule has 0 fully saturated rings. The molecule has 0 unspecified atom stereocenters. The fraction of sp³-hybridized carbons (Fsp3) is 0.160. The first-order valence-electron chi connectivity index (χ1n) is 10.2. The Morgan fingerprint density at radius 1 is 0.824 bits per heavy atom. The van der Waals surface area contributed by atoms with Crippen LogP contribution in [-0.2, 0) is 14.9 Å². The molecule has 0 bridgehead atoms. The normalized spacial score (nSPS) is 11.2. The van der Waals surface area contributed by atoms with Crippen LogP contribution in [0.3, 0.4) is 0 Å². The lowest BCUT2D eigenvalue weighted by atomic mass is 10.2. The van der Waals surface area contributed by atoms with Gasteiger partial charge in [0.15, 0.2) is 11.5 Å². The molecule has 0 aliphatic rings. The predicted octanol–water partition coefficient (Wildman–Crippen LogP) is 4.44. The summed E-state index contributed by atoms with van der Waals surface area (Å²) in [5.41, 5.74) is 1.99. The SMILES string of the molecule is COc1ccc(OC)c(NC(=O)/C=C/c2ccc(OS(=O)(=O)c3ccc(C)cc3)c(OC)c2)c1. The minimum absolute atomic E-state index is 0.0331. The van der Waals surface area contributed by atoms with E-state index in [1.807, 2.05) is 6.92 Å². The van der Waals surface area contributed by atoms with E-state index >= 15 is 0 Å². The molecule has 0 heterocycles. The second kappa shape index (κ2) is 10.8. The fourth-order valence-corrected chi connectivity index (χ4v) is 3.93. The Kier molecular flexibility index (Phi) is 7.80. The summed E-state index contributed by atoms with van der Waals surface area (Å²) < 4.78 is 46.2. The lowest BCUT2D eigenvalue weighted by molar-refractivity contribution is -0.111. The van der Waals surface area contributed by atoms with Crippen LogP contribution in [0.25, 0.3) is 6.08 Å². The molecule has 0 aromatic heterocycles. The van der Waals surface area contributed by atoms with Gasteiger partial charge in [-0.15, -0.1) is 0 Å². The highest BCUT2D eigenvalue weighted by molar-refractivity contribution is 7.87. The molecule has 0 saturated heterocycles. The Morgan fingerprint density at radius 3 is 2.15 bits per heavy atom. The number of carbonyl (C=O) groups is 1. The van der Waals surface area contributed by atoms with E-state index in [9.17, 15) is 13.2 Å². The van der Waals surface area contributed by atoms with Crippen LogP contribution in [-0.4, -0.2) is 35.7 Å². The molecule has 0 aliphatic heterocycles. The molecule has 0 spiro atoms. The average molecular weight is 484 g/mol. The second-order valence-corrected chi connectivity index (χ2v) is 8.70. The van der Waals surface area contributed by atoms with Gasteiger partial charge >= 0.3 is 10.1 Å². The minimum Gasteiger partial charge on any atom is -0.497 e. The number of rotatable bonds is 9. The van der Waals surface area contributed by atoms with Gasteiger partial charge in [-0.3, -0.25) is 4.79 Å². The van der Waals surface area contributed by atoms with E-state index in [1.165, 1.54) is 45.6 Å². The second-order valence-electron chi connectivity index (χ2n) is 7.15. The zero-order valence-electron chi connectivity index (χ0n) is 19.2. The number of methoxy groups -OCH3 is 3. The topological polar surface area (TPSA) is 100 Å². The maximum absolute atomic E-state index is 12.6. The summed E-state index contributed by atoms with van der Waals surface area (Å²) in [5, 5.41) is 2.73. The van der Waals surface area contributed by atoms with Crippen LogP contribution in [0.1, 0.15) is 11.1 Å². The maximum atomic E-state index is 12.6. The van der Waals surface area contributed by atoms with E-state index in [0.717, 1.165) is 5.56 Å². The number of carbonyl (C=O) groups excluding carboxylic acids is 1. The minimum atomic E-state index is -4.03. The molecule has 34 heavy (non-hydrogen) atoms. The van der Waals surface area contributed by atoms with Crippen molar-refractivity contribution in [1.82, 2.24) is 0 Å². The molecule has 8 nitrogen and oxygen atoms in total. The van der Waals surface area contributed by atoms with E-state index < -0.39 is 16.0 Å². The highest BCUT2D eigenvalue weighted by atomic mass is 32.2. The maximum Gasteiger partial charge on any atom is 0.339 e. The highest BCUT2D eigenvalue weighted by Crippen LogP contribution is 2.32. The van der Waals surface area contributed by atoms with Crippen molar-refractivity contribution in [3.8, 4) is 23.0 Å². The van der Waals surface area contributed by atoms with Crippen molar-refractivity contribution < 1.29 is 31.6 Å². The standard InChI is InChI=1S/C25H25NO7S/c1-17-5-10-20(11-6-17)34(28,29)33-23-12-7-18(15-24(23)32-4)8-14-25(27)26-21-16-19(30-2)9-13-22(21)31-3/h5-16H,1-4H3,(H,26,27)/b14-8+. The molecule has 178 valence electrons. The summed E-state index contributed by atoms with van der Waals surface area (Å²) in [4.78, 5) is 12.4. The van der Waals surface area contributed by atoms with Gasteiger partial charge in [-0.05, 0) is 55.0 Å². The van der Waals surface area contributed by atoms with Gasteiger partial charge in [0.25, 0.3) is 0 Å². The van der Waals surface area contributed by atoms with Gasteiger partial charge in [-0.25, -0.2) is 0 Å². The van der Waals surface area contributed by atoms with Gasteiger partial charge in [0.05, 0.1) is 27.0 Å². The van der Waals surface area contributed by atoms with Crippen molar-refractivity contribution >= 4 is 27.8 Å². The van der Waals surface area contributed by atoms with E-state index in [2.05, 4.69) is 5.32 Å². The van der Waals surface area contributed by atoms with Crippen LogP contribution in [0.4, 0.5) is 5.69 Å². The third-order valence-electron chi connectivity index (χ3n) is 4.79. The molecule has 1 amide bonds. The van der Waals surface area contributed by atoms with Gasteiger partial charge in [0.2, 0.25) is 5.91 Å². The number of hydrogen-bond acceptors (Lipinski definition) is 7. The number of nitrogens with one attached hydrogen (secondary N) is 1. The zero-order valence-corrected chi connectivity index (χ0v) is 20.0. The van der Waals surface area contributed by atoms with Gasteiger partial charge in [-0.1, -0.05) is 23.8 Å². The molecule has 3 aromatic rings. The number of anilines is 1. The van der Waals surface area contributed by atoms with Crippen LogP contribution in [0.15, 0.2) is 71.6 Å². The fourth-order valence-electron chi connectivity index (χ4n) is 2.99.